The zero-order valence-electron chi connectivity index (χ0n) is 8.77. The van der Waals surface area contributed by atoms with Gasteiger partial charge in [0, 0.05) is 5.92 Å². The van der Waals surface area contributed by atoms with Crippen molar-refractivity contribution >= 4 is 5.78 Å². The van der Waals surface area contributed by atoms with Gasteiger partial charge in [0.2, 0.25) is 0 Å². The third-order valence-electron chi connectivity index (χ3n) is 3.43. The van der Waals surface area contributed by atoms with Crippen molar-refractivity contribution in [2.24, 2.45) is 11.8 Å². The van der Waals surface area contributed by atoms with Crippen molar-refractivity contribution in [1.82, 2.24) is 0 Å². The molecule has 0 aromatic heterocycles. The van der Waals surface area contributed by atoms with Crippen LogP contribution in [-0.4, -0.2) is 11.5 Å². The number of ketones is 1. The van der Waals surface area contributed by atoms with Crippen molar-refractivity contribution in [3.8, 4) is 0 Å². The summed E-state index contributed by atoms with van der Waals surface area (Å²) in [6.45, 7) is 5.47. The topological polar surface area (TPSA) is 17.1 Å². The summed E-state index contributed by atoms with van der Waals surface area (Å²) in [6.07, 6.45) is 2.61. The second kappa shape index (κ2) is 3.77. The van der Waals surface area contributed by atoms with Crippen molar-refractivity contribution in [2.75, 3.05) is 0 Å². The van der Waals surface area contributed by atoms with E-state index in [0.29, 0.717) is 12.8 Å². The average molecular weight is 186 g/mol. The second-order valence-electron chi connectivity index (χ2n) is 4.57. The van der Waals surface area contributed by atoms with Crippen LogP contribution in [0, 0.1) is 11.8 Å². The quantitative estimate of drug-likeness (QED) is 0.647. The van der Waals surface area contributed by atoms with Gasteiger partial charge >= 0.3 is 0 Å². The van der Waals surface area contributed by atoms with Gasteiger partial charge in [0.25, 0.3) is 0 Å². The van der Waals surface area contributed by atoms with E-state index >= 15 is 0 Å². The zero-order chi connectivity index (χ0) is 10.1. The second-order valence-corrected chi connectivity index (χ2v) is 4.57. The molecular formula is C11H19FO. The molecule has 0 N–H and O–H groups in total. The monoisotopic (exact) mass is 186 g/mol. The number of carbonyl (C=O) groups is 1. The number of rotatable bonds is 2. The Bertz CT molecular complexity index is 190. The van der Waals surface area contributed by atoms with E-state index in [1.54, 1.807) is 6.92 Å². The standard InChI is InChI=1S/C11H19FO/c1-8(2)11(12)6-4-10(5-7-11)9(3)13/h8,10H,4-7H2,1-3H3. The summed E-state index contributed by atoms with van der Waals surface area (Å²) in [6, 6.07) is 0. The van der Waals surface area contributed by atoms with E-state index in [1.165, 1.54) is 0 Å². The first-order chi connectivity index (χ1) is 5.96. The molecule has 1 rings (SSSR count). The molecule has 0 amide bonds. The zero-order valence-corrected chi connectivity index (χ0v) is 8.77. The average Bonchev–Trinajstić information content (AvgIpc) is 2.04. The molecule has 1 nitrogen and oxygen atoms in total. The van der Waals surface area contributed by atoms with E-state index < -0.39 is 5.67 Å². The lowest BCUT2D eigenvalue weighted by atomic mass is 9.73. The first-order valence-corrected chi connectivity index (χ1v) is 5.15. The summed E-state index contributed by atoms with van der Waals surface area (Å²) in [4.78, 5) is 11.1. The molecule has 2 heteroatoms. The number of alkyl halides is 1. The van der Waals surface area contributed by atoms with Crippen LogP contribution >= 0.6 is 0 Å². The van der Waals surface area contributed by atoms with Gasteiger partial charge in [-0.15, -0.1) is 0 Å². The SMILES string of the molecule is CC(=O)C1CCC(F)(C(C)C)CC1. The molecule has 0 bridgehead atoms. The van der Waals surface area contributed by atoms with Crippen LogP contribution in [0.2, 0.25) is 0 Å². The minimum Gasteiger partial charge on any atom is -0.300 e. The van der Waals surface area contributed by atoms with E-state index in [-0.39, 0.29) is 17.6 Å². The third-order valence-corrected chi connectivity index (χ3v) is 3.43. The van der Waals surface area contributed by atoms with Crippen LogP contribution in [0.5, 0.6) is 0 Å². The van der Waals surface area contributed by atoms with Crippen molar-refractivity contribution in [3.05, 3.63) is 0 Å². The highest BCUT2D eigenvalue weighted by molar-refractivity contribution is 5.78. The Morgan fingerprint density at radius 3 is 2.15 bits per heavy atom. The van der Waals surface area contributed by atoms with Crippen LogP contribution in [-0.2, 0) is 4.79 Å². The maximum Gasteiger partial charge on any atom is 0.132 e. The molecule has 0 saturated heterocycles. The summed E-state index contributed by atoms with van der Waals surface area (Å²) in [5, 5.41) is 0. The number of hydrogen-bond acceptors (Lipinski definition) is 1. The lowest BCUT2D eigenvalue weighted by Gasteiger charge is -2.35. The Balaban J connectivity index is 2.51. The van der Waals surface area contributed by atoms with Gasteiger partial charge in [0.1, 0.15) is 11.5 Å². The highest BCUT2D eigenvalue weighted by atomic mass is 19.1. The van der Waals surface area contributed by atoms with Crippen LogP contribution < -0.4 is 0 Å². The molecule has 13 heavy (non-hydrogen) atoms. The fourth-order valence-corrected chi connectivity index (χ4v) is 2.08. The van der Waals surface area contributed by atoms with Gasteiger partial charge in [0.15, 0.2) is 0 Å². The van der Waals surface area contributed by atoms with Crippen LogP contribution in [0.25, 0.3) is 0 Å². The molecule has 76 valence electrons. The normalized spacial score (nSPS) is 35.0. The molecule has 0 unspecified atom stereocenters. The summed E-state index contributed by atoms with van der Waals surface area (Å²) in [7, 11) is 0. The lowest BCUT2D eigenvalue weighted by Crippen LogP contribution is -2.36. The van der Waals surface area contributed by atoms with E-state index in [0.717, 1.165) is 12.8 Å². The lowest BCUT2D eigenvalue weighted by molar-refractivity contribution is -0.123. The molecule has 1 saturated carbocycles. The van der Waals surface area contributed by atoms with Gasteiger partial charge in [-0.2, -0.15) is 0 Å². The van der Waals surface area contributed by atoms with E-state index in [9.17, 15) is 9.18 Å². The highest BCUT2D eigenvalue weighted by Gasteiger charge is 2.38. The predicted octanol–water partition coefficient (Wildman–Crippen LogP) is 3.13. The molecule has 1 aliphatic carbocycles. The van der Waals surface area contributed by atoms with Gasteiger partial charge in [-0.1, -0.05) is 13.8 Å². The maximum absolute atomic E-state index is 14.0. The highest BCUT2D eigenvalue weighted by Crippen LogP contribution is 2.40. The van der Waals surface area contributed by atoms with Crippen molar-refractivity contribution in [3.63, 3.8) is 0 Å². The van der Waals surface area contributed by atoms with Gasteiger partial charge < -0.3 is 0 Å². The Kier molecular flexibility index (Phi) is 3.09. The first-order valence-electron chi connectivity index (χ1n) is 5.15. The molecule has 0 aromatic rings. The van der Waals surface area contributed by atoms with Crippen molar-refractivity contribution < 1.29 is 9.18 Å². The Labute approximate surface area is 79.7 Å². The predicted molar refractivity (Wildman–Crippen MR) is 51.3 cm³/mol. The summed E-state index contributed by atoms with van der Waals surface area (Å²) in [5.41, 5.74) is -1.01. The molecule has 1 aliphatic rings. The number of halogens is 1. The van der Waals surface area contributed by atoms with Crippen LogP contribution in [0.15, 0.2) is 0 Å². The summed E-state index contributed by atoms with van der Waals surface area (Å²) in [5.74, 6) is 0.439. The number of Topliss-reactive ketones (excluding diaryl/α,β-unsaturated/α-hetero) is 1. The smallest absolute Gasteiger partial charge is 0.132 e. The van der Waals surface area contributed by atoms with Gasteiger partial charge in [-0.3, -0.25) is 4.79 Å². The molecule has 0 aliphatic heterocycles. The van der Waals surface area contributed by atoms with Crippen LogP contribution in [0.3, 0.4) is 0 Å². The Hall–Kier alpha value is -0.400. The summed E-state index contributed by atoms with van der Waals surface area (Å²) < 4.78 is 14.0. The van der Waals surface area contributed by atoms with Gasteiger partial charge in [-0.05, 0) is 38.5 Å². The Morgan fingerprint density at radius 1 is 1.38 bits per heavy atom. The van der Waals surface area contributed by atoms with Crippen molar-refractivity contribution in [2.45, 2.75) is 52.1 Å². The first kappa shape index (κ1) is 10.7. The van der Waals surface area contributed by atoms with E-state index in [2.05, 4.69) is 0 Å². The maximum atomic E-state index is 14.0. The van der Waals surface area contributed by atoms with Gasteiger partial charge in [0.05, 0.1) is 0 Å². The third kappa shape index (κ3) is 2.29. The minimum atomic E-state index is -1.01. The van der Waals surface area contributed by atoms with Crippen LogP contribution in [0.1, 0.15) is 46.5 Å². The summed E-state index contributed by atoms with van der Waals surface area (Å²) >= 11 is 0. The molecule has 0 radical (unpaired) electrons. The molecule has 1 fully saturated rings. The van der Waals surface area contributed by atoms with E-state index in [4.69, 9.17) is 0 Å². The molecule has 0 aromatic carbocycles. The molecular weight excluding hydrogens is 167 g/mol. The fraction of sp³-hybridized carbons (Fsp3) is 0.909. The van der Waals surface area contributed by atoms with Gasteiger partial charge in [-0.25, -0.2) is 4.39 Å². The number of carbonyl (C=O) groups excluding carboxylic acids is 1. The van der Waals surface area contributed by atoms with Crippen molar-refractivity contribution in [1.29, 1.82) is 0 Å². The molecule has 0 atom stereocenters. The molecule has 0 heterocycles. The number of hydrogen-bond donors (Lipinski definition) is 0. The largest absolute Gasteiger partial charge is 0.300 e. The Morgan fingerprint density at radius 2 is 1.85 bits per heavy atom. The van der Waals surface area contributed by atoms with E-state index in [1.807, 2.05) is 13.8 Å². The minimum absolute atomic E-state index is 0.0837. The fourth-order valence-electron chi connectivity index (χ4n) is 2.08. The van der Waals surface area contributed by atoms with Crippen LogP contribution in [0.4, 0.5) is 4.39 Å². The molecule has 0 spiro atoms.